The van der Waals surface area contributed by atoms with E-state index in [0.29, 0.717) is 5.89 Å². The van der Waals surface area contributed by atoms with Gasteiger partial charge >= 0.3 is 0 Å². The first-order valence-corrected chi connectivity index (χ1v) is 10.7. The third-order valence-electron chi connectivity index (χ3n) is 5.59. The second-order valence-electron chi connectivity index (χ2n) is 7.75. The predicted octanol–water partition coefficient (Wildman–Crippen LogP) is 4.11. The minimum absolute atomic E-state index is 0.0709. The molecule has 0 atom stereocenters. The Labute approximate surface area is 170 Å². The number of benzene rings is 1. The van der Waals surface area contributed by atoms with Gasteiger partial charge in [0.1, 0.15) is 12.3 Å². The summed E-state index contributed by atoms with van der Waals surface area (Å²) in [5.74, 6) is 1.12. The third-order valence-corrected chi connectivity index (χ3v) is 5.89. The van der Waals surface area contributed by atoms with E-state index in [1.54, 1.807) is 0 Å². The van der Waals surface area contributed by atoms with E-state index in [0.717, 1.165) is 31.4 Å². The van der Waals surface area contributed by atoms with Crippen LogP contribution in [0.3, 0.4) is 0 Å². The van der Waals surface area contributed by atoms with Crippen molar-refractivity contribution in [2.75, 3.05) is 0 Å². The van der Waals surface area contributed by atoms with E-state index in [-0.39, 0.29) is 29.9 Å². The van der Waals surface area contributed by atoms with Crippen molar-refractivity contribution in [2.24, 2.45) is 0 Å². The molecule has 4 rings (SSSR count). The molecule has 0 spiro atoms. The van der Waals surface area contributed by atoms with Crippen LogP contribution in [0.2, 0.25) is 0 Å². The fourth-order valence-electron chi connectivity index (χ4n) is 4.11. The molecule has 0 saturated heterocycles. The maximum atomic E-state index is 12.3. The zero-order chi connectivity index (χ0) is 19.3. The van der Waals surface area contributed by atoms with Crippen LogP contribution in [-0.4, -0.2) is 21.7 Å². The Bertz CT molecular complexity index is 883. The smallest absolute Gasteiger partial charge is 0.287 e. The van der Waals surface area contributed by atoms with E-state index in [1.165, 1.54) is 47.9 Å². The summed E-state index contributed by atoms with van der Waals surface area (Å²) in [5, 5.41) is 7.38. The van der Waals surface area contributed by atoms with Gasteiger partial charge in [0, 0.05) is 6.04 Å². The Morgan fingerprint density at radius 1 is 1.18 bits per heavy atom. The van der Waals surface area contributed by atoms with Crippen molar-refractivity contribution < 1.29 is 13.9 Å². The lowest BCUT2D eigenvalue weighted by Crippen LogP contribution is -2.38. The predicted molar refractivity (Wildman–Crippen MR) is 108 cm³/mol. The lowest BCUT2D eigenvalue weighted by molar-refractivity contribution is -0.122. The third kappa shape index (κ3) is 4.82. The summed E-state index contributed by atoms with van der Waals surface area (Å²) < 4.78 is 12.8. The van der Waals surface area contributed by atoms with E-state index >= 15 is 0 Å². The van der Waals surface area contributed by atoms with Crippen LogP contribution in [0.5, 0.6) is 5.75 Å². The van der Waals surface area contributed by atoms with E-state index < -0.39 is 0 Å². The average molecular weight is 402 g/mol. The molecule has 1 heterocycles. The highest BCUT2D eigenvalue weighted by Gasteiger charge is 2.17. The Morgan fingerprint density at radius 3 is 2.79 bits per heavy atom. The molecule has 0 unspecified atom stereocenters. The molecule has 150 valence electrons. The summed E-state index contributed by atoms with van der Waals surface area (Å²) in [6.07, 6.45) is 10.5. The number of ether oxygens (including phenoxy) is 1. The van der Waals surface area contributed by atoms with E-state index in [9.17, 15) is 4.79 Å². The fourth-order valence-corrected chi connectivity index (χ4v) is 4.31. The largest absolute Gasteiger partial charge is 0.484 e. The molecule has 2 aromatic rings. The monoisotopic (exact) mass is 401 g/mol. The SMILES string of the molecule is O=C(Cn1nc(COc2ccc3c(c2)CCCC3)oc1=S)NC1CCCCC1. The van der Waals surface area contributed by atoms with Crippen molar-refractivity contribution in [2.45, 2.75) is 77.0 Å². The zero-order valence-electron chi connectivity index (χ0n) is 16.1. The molecular formula is C21H27N3O3S. The maximum Gasteiger partial charge on any atom is 0.287 e. The van der Waals surface area contributed by atoms with Crippen LogP contribution in [0.1, 0.15) is 62.0 Å². The lowest BCUT2D eigenvalue weighted by Gasteiger charge is -2.22. The van der Waals surface area contributed by atoms with Gasteiger partial charge in [-0.15, -0.1) is 5.10 Å². The van der Waals surface area contributed by atoms with Crippen molar-refractivity contribution in [1.29, 1.82) is 0 Å². The molecule has 1 fully saturated rings. The van der Waals surface area contributed by atoms with Gasteiger partial charge in [0.25, 0.3) is 10.7 Å². The van der Waals surface area contributed by atoms with Crippen molar-refractivity contribution in [3.05, 3.63) is 40.1 Å². The molecule has 2 aliphatic rings. The summed E-state index contributed by atoms with van der Waals surface area (Å²) in [7, 11) is 0. The topological polar surface area (TPSA) is 69.3 Å². The number of nitrogens with zero attached hydrogens (tertiary/aromatic N) is 2. The van der Waals surface area contributed by atoms with Crippen LogP contribution >= 0.6 is 12.2 Å². The number of carbonyl (C=O) groups excluding carboxylic acids is 1. The van der Waals surface area contributed by atoms with Gasteiger partial charge in [0.15, 0.2) is 6.61 Å². The Hall–Kier alpha value is -2.15. The zero-order valence-corrected chi connectivity index (χ0v) is 16.9. The molecule has 2 aliphatic carbocycles. The Kier molecular flexibility index (Phi) is 6.10. The first-order chi connectivity index (χ1) is 13.7. The Balaban J connectivity index is 1.32. The minimum Gasteiger partial charge on any atom is -0.484 e. The van der Waals surface area contributed by atoms with Crippen LogP contribution < -0.4 is 10.1 Å². The number of nitrogens with one attached hydrogen (secondary N) is 1. The molecule has 1 amide bonds. The average Bonchev–Trinajstić information content (AvgIpc) is 3.06. The van der Waals surface area contributed by atoms with Gasteiger partial charge in [-0.1, -0.05) is 25.3 Å². The van der Waals surface area contributed by atoms with Crippen LogP contribution in [0.25, 0.3) is 0 Å². The summed E-state index contributed by atoms with van der Waals surface area (Å²) in [6.45, 7) is 0.275. The van der Waals surface area contributed by atoms with Crippen molar-refractivity contribution in [1.82, 2.24) is 15.1 Å². The second-order valence-corrected chi connectivity index (χ2v) is 8.10. The molecule has 0 bridgehead atoms. The molecule has 0 aliphatic heterocycles. The molecule has 28 heavy (non-hydrogen) atoms. The number of carbonyl (C=O) groups is 1. The fraction of sp³-hybridized carbons (Fsp3) is 0.571. The molecule has 1 aromatic heterocycles. The number of amides is 1. The molecule has 1 aromatic carbocycles. The summed E-state index contributed by atoms with van der Waals surface area (Å²) in [6, 6.07) is 6.52. The summed E-state index contributed by atoms with van der Waals surface area (Å²) in [4.78, 5) is 12.5. The maximum absolute atomic E-state index is 12.3. The lowest BCUT2D eigenvalue weighted by atomic mass is 9.92. The molecular weight excluding hydrogens is 374 g/mol. The second kappa shape index (κ2) is 8.90. The molecule has 6 nitrogen and oxygen atoms in total. The van der Waals surface area contributed by atoms with Gasteiger partial charge in [-0.25, -0.2) is 4.68 Å². The van der Waals surface area contributed by atoms with E-state index in [4.69, 9.17) is 21.4 Å². The Morgan fingerprint density at radius 2 is 1.96 bits per heavy atom. The van der Waals surface area contributed by atoms with Crippen LogP contribution in [-0.2, 0) is 30.8 Å². The highest BCUT2D eigenvalue weighted by molar-refractivity contribution is 7.71. The van der Waals surface area contributed by atoms with E-state index in [2.05, 4.69) is 22.5 Å². The standard InChI is InChI=1S/C21H27N3O3S/c25-19(22-17-8-2-1-3-9-17)13-24-21(28)27-20(23-24)14-26-18-11-10-15-6-4-5-7-16(15)12-18/h10-12,17H,1-9,13-14H2,(H,22,25). The van der Waals surface area contributed by atoms with Gasteiger partial charge in [0.2, 0.25) is 5.91 Å². The number of hydrogen-bond donors (Lipinski definition) is 1. The van der Waals surface area contributed by atoms with Crippen LogP contribution in [0.15, 0.2) is 22.6 Å². The van der Waals surface area contributed by atoms with Crippen LogP contribution in [0.4, 0.5) is 0 Å². The van der Waals surface area contributed by atoms with Gasteiger partial charge < -0.3 is 14.5 Å². The summed E-state index contributed by atoms with van der Waals surface area (Å²) >= 11 is 5.20. The number of rotatable bonds is 6. The minimum atomic E-state index is -0.0709. The number of hydrogen-bond acceptors (Lipinski definition) is 5. The van der Waals surface area contributed by atoms with Gasteiger partial charge in [-0.3, -0.25) is 4.79 Å². The first kappa shape index (κ1) is 19.2. The number of aryl methyl sites for hydroxylation is 2. The van der Waals surface area contributed by atoms with Crippen LogP contribution in [0, 0.1) is 4.84 Å². The molecule has 1 saturated carbocycles. The number of fused-ring (bicyclic) bond motifs is 1. The highest BCUT2D eigenvalue weighted by Crippen LogP contribution is 2.25. The van der Waals surface area contributed by atoms with Crippen molar-refractivity contribution in [3.8, 4) is 5.75 Å². The van der Waals surface area contributed by atoms with Crippen molar-refractivity contribution in [3.63, 3.8) is 0 Å². The summed E-state index contributed by atoms with van der Waals surface area (Å²) in [5.41, 5.74) is 2.79. The van der Waals surface area contributed by atoms with Gasteiger partial charge in [-0.2, -0.15) is 0 Å². The van der Waals surface area contributed by atoms with Gasteiger partial charge in [-0.05, 0) is 74.0 Å². The van der Waals surface area contributed by atoms with Crippen molar-refractivity contribution >= 4 is 18.1 Å². The van der Waals surface area contributed by atoms with E-state index in [1.807, 2.05) is 6.07 Å². The molecule has 1 N–H and O–H groups in total. The number of aromatic nitrogens is 2. The molecule has 7 heteroatoms. The van der Waals surface area contributed by atoms with Gasteiger partial charge in [0.05, 0.1) is 0 Å². The quantitative estimate of drug-likeness (QED) is 0.738. The molecule has 0 radical (unpaired) electrons. The highest BCUT2D eigenvalue weighted by atomic mass is 32.1. The normalized spacial score (nSPS) is 17.1. The first-order valence-electron chi connectivity index (χ1n) is 10.3.